The van der Waals surface area contributed by atoms with E-state index in [-0.39, 0.29) is 11.6 Å². The highest BCUT2D eigenvalue weighted by Crippen LogP contribution is 2.27. The van der Waals surface area contributed by atoms with Gasteiger partial charge < -0.3 is 10.5 Å². The van der Waals surface area contributed by atoms with Crippen LogP contribution in [0.4, 0.5) is 13.2 Å². The summed E-state index contributed by atoms with van der Waals surface area (Å²) >= 11 is 5.69. The monoisotopic (exact) mass is 291 g/mol. The van der Waals surface area contributed by atoms with Crippen molar-refractivity contribution in [1.29, 1.82) is 0 Å². The molecule has 0 atom stereocenters. The van der Waals surface area contributed by atoms with E-state index in [1.165, 1.54) is 0 Å². The summed E-state index contributed by atoms with van der Waals surface area (Å²) in [6.45, 7) is 1.72. The maximum Gasteiger partial charge on any atom is 0.417 e. The van der Waals surface area contributed by atoms with Gasteiger partial charge in [0.15, 0.2) is 0 Å². The predicted molar refractivity (Wildman–Crippen MR) is 68.9 cm³/mol. The molecule has 0 amide bonds. The van der Waals surface area contributed by atoms with E-state index in [4.69, 9.17) is 22.1 Å². The van der Waals surface area contributed by atoms with Gasteiger partial charge in [-0.05, 0) is 30.7 Å². The lowest BCUT2D eigenvalue weighted by molar-refractivity contribution is -0.0884. The van der Waals surface area contributed by atoms with Gasteiger partial charge in [-0.15, -0.1) is 0 Å². The Hall–Kier alpha value is -1.62. The van der Waals surface area contributed by atoms with Crippen molar-refractivity contribution in [2.24, 2.45) is 5.73 Å². The Balaban J connectivity index is 2.67. The first kappa shape index (κ1) is 15.4. The maximum atomic E-state index is 12.4. The number of alkyl halides is 3. The molecule has 0 radical (unpaired) electrons. The quantitative estimate of drug-likeness (QED) is 0.854. The molecule has 0 fully saturated rings. The lowest BCUT2D eigenvalue weighted by Gasteiger charge is -2.09. The van der Waals surface area contributed by atoms with Crippen LogP contribution in [-0.2, 0) is 0 Å². The first-order valence-electron chi connectivity index (χ1n) is 5.37. The summed E-state index contributed by atoms with van der Waals surface area (Å²) in [6, 6.07) is 7.11. The lowest BCUT2D eigenvalue weighted by Crippen LogP contribution is -2.12. The first-order valence-corrected chi connectivity index (χ1v) is 5.75. The second-order valence-electron chi connectivity index (χ2n) is 3.82. The topological polar surface area (TPSA) is 35.2 Å². The number of nitrogens with two attached hydrogens (primary N) is 1. The molecule has 0 saturated heterocycles. The number of benzene rings is 1. The molecular formula is C13H13ClF3NO. The summed E-state index contributed by atoms with van der Waals surface area (Å²) in [4.78, 5) is 0. The molecule has 2 N–H and O–H groups in total. The van der Waals surface area contributed by atoms with Gasteiger partial charge in [0, 0.05) is 6.20 Å². The largest absolute Gasteiger partial charge is 0.488 e. The number of hydrogen-bond acceptors (Lipinski definition) is 2. The lowest BCUT2D eigenvalue weighted by atomic mass is 10.2. The zero-order chi connectivity index (χ0) is 14.5. The van der Waals surface area contributed by atoms with E-state index in [1.807, 2.05) is 13.0 Å². The zero-order valence-corrected chi connectivity index (χ0v) is 10.9. The molecule has 1 rings (SSSR count). The molecule has 104 valence electrons. The number of aryl methyl sites for hydroxylation is 1. The Morgan fingerprint density at radius 1 is 1.42 bits per heavy atom. The molecule has 0 aromatic heterocycles. The average molecular weight is 292 g/mol. The Labute approximate surface area is 114 Å². The van der Waals surface area contributed by atoms with Gasteiger partial charge >= 0.3 is 6.18 Å². The number of rotatable bonds is 4. The number of ether oxygens (including phenoxy) is 1. The van der Waals surface area contributed by atoms with Gasteiger partial charge in [-0.25, -0.2) is 0 Å². The summed E-state index contributed by atoms with van der Waals surface area (Å²) in [6.07, 6.45) is -3.31. The third-order valence-electron chi connectivity index (χ3n) is 2.19. The molecule has 0 spiro atoms. The van der Waals surface area contributed by atoms with Crippen LogP contribution < -0.4 is 10.5 Å². The van der Waals surface area contributed by atoms with Gasteiger partial charge in [-0.2, -0.15) is 13.2 Å². The van der Waals surface area contributed by atoms with Crippen molar-refractivity contribution < 1.29 is 17.9 Å². The molecule has 0 saturated carbocycles. The third-order valence-corrected chi connectivity index (χ3v) is 2.40. The van der Waals surface area contributed by atoms with Gasteiger partial charge in [0.2, 0.25) is 0 Å². The molecule has 2 nitrogen and oxygen atoms in total. The van der Waals surface area contributed by atoms with Crippen molar-refractivity contribution in [2.45, 2.75) is 13.1 Å². The van der Waals surface area contributed by atoms with Crippen LogP contribution in [0, 0.1) is 6.92 Å². The van der Waals surface area contributed by atoms with Gasteiger partial charge in [0.1, 0.15) is 12.4 Å². The predicted octanol–water partition coefficient (Wildman–Crippen LogP) is 3.90. The number of halogens is 4. The van der Waals surface area contributed by atoms with Crippen molar-refractivity contribution in [3.63, 3.8) is 0 Å². The highest BCUT2D eigenvalue weighted by molar-refractivity contribution is 6.30. The molecule has 19 heavy (non-hydrogen) atoms. The van der Waals surface area contributed by atoms with Gasteiger partial charge in [0.25, 0.3) is 0 Å². The molecule has 0 aliphatic heterocycles. The standard InChI is InChI=1S/C13H13ClF3NO/c1-9-3-2-4-12(5-9)19-8-11(14)6-10(7-18)13(15,16)17/h2-7H,8,18H2,1H3/b10-7+,11-6+. The van der Waals surface area contributed by atoms with Gasteiger partial charge in [0.05, 0.1) is 10.6 Å². The molecule has 1 aromatic rings. The third kappa shape index (κ3) is 5.26. The van der Waals surface area contributed by atoms with Crippen molar-refractivity contribution in [3.05, 3.63) is 52.7 Å². The SMILES string of the molecule is Cc1cccc(OC/C(Cl)=C\C(=C/N)C(F)(F)F)c1. The van der Waals surface area contributed by atoms with Crippen molar-refractivity contribution in [2.75, 3.05) is 6.61 Å². The minimum Gasteiger partial charge on any atom is -0.488 e. The molecule has 0 bridgehead atoms. The van der Waals surface area contributed by atoms with E-state index < -0.39 is 11.7 Å². The van der Waals surface area contributed by atoms with E-state index in [0.717, 1.165) is 11.6 Å². The van der Waals surface area contributed by atoms with Crippen molar-refractivity contribution >= 4 is 11.6 Å². The normalized spacial score (nSPS) is 13.5. The molecule has 0 aliphatic rings. The summed E-state index contributed by atoms with van der Waals surface area (Å²) in [7, 11) is 0. The Bertz CT molecular complexity index is 495. The summed E-state index contributed by atoms with van der Waals surface area (Å²) < 4.78 is 42.5. The van der Waals surface area contributed by atoms with Crippen LogP contribution in [0.2, 0.25) is 0 Å². The Morgan fingerprint density at radius 2 is 2.11 bits per heavy atom. The number of hydrogen-bond donors (Lipinski definition) is 1. The summed E-state index contributed by atoms with van der Waals surface area (Å²) in [5, 5.41) is -0.0875. The van der Waals surface area contributed by atoms with Gasteiger partial charge in [-0.3, -0.25) is 0 Å². The van der Waals surface area contributed by atoms with E-state index in [0.29, 0.717) is 11.9 Å². The fourth-order valence-corrected chi connectivity index (χ4v) is 1.46. The van der Waals surface area contributed by atoms with Crippen LogP contribution >= 0.6 is 11.6 Å². The summed E-state index contributed by atoms with van der Waals surface area (Å²) in [5.74, 6) is 0.539. The Morgan fingerprint density at radius 3 is 2.63 bits per heavy atom. The minimum atomic E-state index is -4.53. The first-order chi connectivity index (χ1) is 8.82. The molecule has 0 unspecified atom stereocenters. The fraction of sp³-hybridized carbons (Fsp3) is 0.231. The van der Waals surface area contributed by atoms with Crippen LogP contribution in [0.15, 0.2) is 47.1 Å². The smallest absolute Gasteiger partial charge is 0.417 e. The highest BCUT2D eigenvalue weighted by atomic mass is 35.5. The molecule has 1 aromatic carbocycles. The molecule has 0 heterocycles. The van der Waals surface area contributed by atoms with E-state index >= 15 is 0 Å². The fourth-order valence-electron chi connectivity index (χ4n) is 1.29. The molecule has 6 heteroatoms. The highest BCUT2D eigenvalue weighted by Gasteiger charge is 2.32. The minimum absolute atomic E-state index is 0.0875. The average Bonchev–Trinajstić information content (AvgIpc) is 2.32. The van der Waals surface area contributed by atoms with Crippen LogP contribution in [0.25, 0.3) is 0 Å². The molecule has 0 aliphatic carbocycles. The number of allylic oxidation sites excluding steroid dienone is 2. The zero-order valence-electron chi connectivity index (χ0n) is 10.2. The summed E-state index contributed by atoms with van der Waals surface area (Å²) in [5.41, 5.74) is 4.88. The van der Waals surface area contributed by atoms with E-state index in [2.05, 4.69) is 0 Å². The van der Waals surface area contributed by atoms with Crippen LogP contribution in [0.5, 0.6) is 5.75 Å². The molecular weight excluding hydrogens is 279 g/mol. The maximum absolute atomic E-state index is 12.4. The van der Waals surface area contributed by atoms with Crippen molar-refractivity contribution in [1.82, 2.24) is 0 Å². The van der Waals surface area contributed by atoms with Gasteiger partial charge in [-0.1, -0.05) is 23.7 Å². The second kappa shape index (κ2) is 6.52. The second-order valence-corrected chi connectivity index (χ2v) is 4.30. The van der Waals surface area contributed by atoms with Crippen LogP contribution in [0.3, 0.4) is 0 Å². The van der Waals surface area contributed by atoms with E-state index in [1.54, 1.807) is 18.2 Å². The van der Waals surface area contributed by atoms with Crippen molar-refractivity contribution in [3.8, 4) is 5.75 Å². The van der Waals surface area contributed by atoms with Crippen LogP contribution in [0.1, 0.15) is 5.56 Å². The Kier molecular flexibility index (Phi) is 5.30. The van der Waals surface area contributed by atoms with Crippen LogP contribution in [-0.4, -0.2) is 12.8 Å². The van der Waals surface area contributed by atoms with E-state index in [9.17, 15) is 13.2 Å².